The van der Waals surface area contributed by atoms with E-state index in [0.717, 1.165) is 0 Å². The average Bonchev–Trinajstić information content (AvgIpc) is 2.94. The van der Waals surface area contributed by atoms with Crippen molar-refractivity contribution in [3.05, 3.63) is 0 Å². The number of nitrogens with zero attached hydrogens (tertiary/aromatic N) is 12. The number of hydrogen-bond donors (Lipinski definition) is 0. The van der Waals surface area contributed by atoms with Gasteiger partial charge in [-0.25, -0.2) is 19.4 Å². The smallest absolute Gasteiger partial charge is 0.213 e. The molecule has 0 saturated heterocycles. The number of hydrogen-bond acceptors (Lipinski definition) is 8. The minimum absolute atomic E-state index is 0.461. The van der Waals surface area contributed by atoms with E-state index >= 15 is 0 Å². The van der Waals surface area contributed by atoms with Gasteiger partial charge in [-0.2, -0.15) is 0 Å². The number of aryl methyl sites for hydroxylation is 2. The van der Waals surface area contributed by atoms with Crippen LogP contribution in [-0.4, -0.2) is 54.5 Å². The topological polar surface area (TPSA) is 118 Å². The summed E-state index contributed by atoms with van der Waals surface area (Å²) in [7, 11) is 6.77. The van der Waals surface area contributed by atoms with E-state index in [-0.39, 0.29) is 0 Å². The Kier molecular flexibility index (Phi) is 3.07. The molecule has 2 aromatic rings. The van der Waals surface area contributed by atoms with E-state index in [2.05, 4.69) is 41.5 Å². The third-order valence-corrected chi connectivity index (χ3v) is 2.08. The molecule has 0 aromatic carbocycles. The first kappa shape index (κ1) is 11.8. The van der Waals surface area contributed by atoms with Crippen molar-refractivity contribution < 1.29 is 0 Å². The van der Waals surface area contributed by atoms with E-state index in [0.29, 0.717) is 11.9 Å². The highest BCUT2D eigenvalue weighted by Crippen LogP contribution is 2.07. The Labute approximate surface area is 102 Å². The first-order chi connectivity index (χ1) is 8.59. The zero-order valence-electron chi connectivity index (χ0n) is 10.4. The van der Waals surface area contributed by atoms with E-state index in [1.54, 1.807) is 28.2 Å². The maximum atomic E-state index is 3.94. The van der Waals surface area contributed by atoms with Crippen LogP contribution in [0.15, 0.2) is 10.4 Å². The molecule has 12 heteroatoms. The molecule has 0 amide bonds. The van der Waals surface area contributed by atoms with Gasteiger partial charge in [0.25, 0.3) is 11.9 Å². The van der Waals surface area contributed by atoms with E-state index in [1.165, 1.54) is 19.4 Å². The molecule has 0 N–H and O–H groups in total. The molecule has 0 aliphatic rings. The molecular weight excluding hydrogens is 240 g/mol. The second-order valence-electron chi connectivity index (χ2n) is 3.43. The van der Waals surface area contributed by atoms with Crippen LogP contribution in [0.2, 0.25) is 0 Å². The van der Waals surface area contributed by atoms with E-state index in [4.69, 9.17) is 0 Å². The van der Waals surface area contributed by atoms with Gasteiger partial charge in [0.2, 0.25) is 0 Å². The highest BCUT2D eigenvalue weighted by atomic mass is 15.7. The van der Waals surface area contributed by atoms with Crippen LogP contribution >= 0.6 is 0 Å². The highest BCUT2D eigenvalue weighted by Gasteiger charge is 2.10. The lowest BCUT2D eigenvalue weighted by Gasteiger charge is -2.11. The Morgan fingerprint density at radius 3 is 1.50 bits per heavy atom. The lowest BCUT2D eigenvalue weighted by Crippen LogP contribution is -2.18. The summed E-state index contributed by atoms with van der Waals surface area (Å²) < 4.78 is 2.95. The van der Waals surface area contributed by atoms with Crippen molar-refractivity contribution in [1.82, 2.24) is 40.4 Å². The van der Waals surface area contributed by atoms with Gasteiger partial charge in [-0.3, -0.25) is 0 Å². The van der Waals surface area contributed by atoms with Gasteiger partial charge in [0, 0.05) is 28.2 Å². The van der Waals surface area contributed by atoms with Crippen LogP contribution in [0.3, 0.4) is 0 Å². The SMILES string of the molecule is CN(N=NN(C)c1nnnn1C)c1nnnn1C. The van der Waals surface area contributed by atoms with Crippen LogP contribution in [0.25, 0.3) is 0 Å². The number of tetrazole rings is 2. The normalized spacial score (nSPS) is 11.1. The molecule has 0 spiro atoms. The number of rotatable bonds is 4. The van der Waals surface area contributed by atoms with Crippen LogP contribution < -0.4 is 10.0 Å². The van der Waals surface area contributed by atoms with E-state index in [9.17, 15) is 0 Å². The first-order valence-corrected chi connectivity index (χ1v) is 4.93. The zero-order valence-corrected chi connectivity index (χ0v) is 10.4. The van der Waals surface area contributed by atoms with Crippen molar-refractivity contribution in [2.45, 2.75) is 0 Å². The second-order valence-corrected chi connectivity index (χ2v) is 3.43. The lowest BCUT2D eigenvalue weighted by atomic mass is 10.9. The Balaban J connectivity index is 2.08. The summed E-state index contributed by atoms with van der Waals surface area (Å²) in [5.74, 6) is 0.923. The summed E-state index contributed by atoms with van der Waals surface area (Å²) in [6.45, 7) is 0. The standard InChI is InChI=1S/C6H12N12/c1-15-5(7-9-11-15)17(3)13-14-18(4)6-8-10-12-16(6)2/h1-4H3. The molecule has 0 atom stereocenters. The Hall–Kier alpha value is -2.66. The van der Waals surface area contributed by atoms with Gasteiger partial charge in [0.1, 0.15) is 0 Å². The molecule has 2 heterocycles. The maximum Gasteiger partial charge on any atom is 0.266 e. The van der Waals surface area contributed by atoms with Crippen LogP contribution in [0.5, 0.6) is 0 Å². The Morgan fingerprint density at radius 1 is 0.833 bits per heavy atom. The van der Waals surface area contributed by atoms with Crippen molar-refractivity contribution >= 4 is 11.9 Å². The molecule has 2 rings (SSSR count). The van der Waals surface area contributed by atoms with Gasteiger partial charge in [0.15, 0.2) is 0 Å². The van der Waals surface area contributed by atoms with Gasteiger partial charge in [0.05, 0.1) is 0 Å². The van der Waals surface area contributed by atoms with Crippen LogP contribution in [-0.2, 0) is 14.1 Å². The van der Waals surface area contributed by atoms with Crippen molar-refractivity contribution in [3.63, 3.8) is 0 Å². The van der Waals surface area contributed by atoms with Crippen molar-refractivity contribution in [2.75, 3.05) is 24.1 Å². The Bertz CT molecular complexity index is 490. The molecule has 2 aromatic heterocycles. The highest BCUT2D eigenvalue weighted by molar-refractivity contribution is 5.25. The monoisotopic (exact) mass is 252 g/mol. The third-order valence-electron chi connectivity index (χ3n) is 2.08. The van der Waals surface area contributed by atoms with Crippen molar-refractivity contribution in [1.29, 1.82) is 0 Å². The molecule has 96 valence electrons. The quantitative estimate of drug-likeness (QED) is 0.481. The second kappa shape index (κ2) is 4.68. The number of aromatic nitrogens is 8. The van der Waals surface area contributed by atoms with Crippen molar-refractivity contribution in [2.24, 2.45) is 24.5 Å². The number of anilines is 2. The minimum Gasteiger partial charge on any atom is -0.213 e. The van der Waals surface area contributed by atoms with E-state index < -0.39 is 0 Å². The fourth-order valence-electron chi connectivity index (χ4n) is 1.20. The van der Waals surface area contributed by atoms with Gasteiger partial charge in [-0.1, -0.05) is 10.2 Å². The molecule has 0 fully saturated rings. The van der Waals surface area contributed by atoms with E-state index in [1.807, 2.05) is 0 Å². The minimum atomic E-state index is 0.461. The van der Waals surface area contributed by atoms with Gasteiger partial charge in [-0.15, -0.1) is 0 Å². The fraction of sp³-hybridized carbons (Fsp3) is 0.667. The van der Waals surface area contributed by atoms with Gasteiger partial charge in [-0.05, 0) is 31.3 Å². The predicted octanol–water partition coefficient (Wildman–Crippen LogP) is -1.41. The van der Waals surface area contributed by atoms with Crippen molar-refractivity contribution in [3.8, 4) is 0 Å². The Morgan fingerprint density at radius 2 is 1.22 bits per heavy atom. The molecule has 12 nitrogen and oxygen atoms in total. The maximum absolute atomic E-state index is 3.94. The molecule has 0 saturated carbocycles. The van der Waals surface area contributed by atoms with Gasteiger partial charge < -0.3 is 0 Å². The van der Waals surface area contributed by atoms with Crippen LogP contribution in [0.4, 0.5) is 11.9 Å². The first-order valence-electron chi connectivity index (χ1n) is 4.93. The summed E-state index contributed by atoms with van der Waals surface area (Å²) in [4.78, 5) is 0. The summed E-state index contributed by atoms with van der Waals surface area (Å²) in [5, 5.41) is 32.7. The zero-order chi connectivity index (χ0) is 13.1. The third kappa shape index (κ3) is 2.21. The molecule has 0 aliphatic heterocycles. The lowest BCUT2D eigenvalue weighted by molar-refractivity contribution is 0.677. The molecule has 0 aliphatic carbocycles. The summed E-state index contributed by atoms with van der Waals surface area (Å²) in [5.41, 5.74) is 0. The predicted molar refractivity (Wildman–Crippen MR) is 59.3 cm³/mol. The molecule has 0 radical (unpaired) electrons. The summed E-state index contributed by atoms with van der Waals surface area (Å²) in [6, 6.07) is 0. The van der Waals surface area contributed by atoms with Crippen LogP contribution in [0.1, 0.15) is 0 Å². The summed E-state index contributed by atoms with van der Waals surface area (Å²) >= 11 is 0. The molecule has 0 unspecified atom stereocenters. The van der Waals surface area contributed by atoms with Crippen LogP contribution in [0, 0.1) is 0 Å². The fourth-order valence-corrected chi connectivity index (χ4v) is 1.20. The molecular formula is C6H12N12. The molecule has 18 heavy (non-hydrogen) atoms. The average molecular weight is 252 g/mol. The van der Waals surface area contributed by atoms with Gasteiger partial charge >= 0.3 is 0 Å². The largest absolute Gasteiger partial charge is 0.266 e. The molecule has 0 bridgehead atoms. The summed E-state index contributed by atoms with van der Waals surface area (Å²) in [6.07, 6.45) is 0.